The lowest BCUT2D eigenvalue weighted by molar-refractivity contribution is 0.595. The van der Waals surface area contributed by atoms with Crippen molar-refractivity contribution in [2.75, 3.05) is 5.73 Å². The summed E-state index contributed by atoms with van der Waals surface area (Å²) in [6.45, 7) is 2.64. The van der Waals surface area contributed by atoms with E-state index in [0.717, 1.165) is 0 Å². The summed E-state index contributed by atoms with van der Waals surface area (Å²) < 4.78 is 26.0. The maximum Gasteiger partial charge on any atom is 0.184 e. The molecule has 6 nitrogen and oxygen atoms in total. The van der Waals surface area contributed by atoms with Crippen LogP contribution < -0.4 is 5.73 Å². The van der Waals surface area contributed by atoms with Gasteiger partial charge in [-0.25, -0.2) is 8.42 Å². The van der Waals surface area contributed by atoms with E-state index in [9.17, 15) is 8.42 Å². The van der Waals surface area contributed by atoms with Gasteiger partial charge in [0.15, 0.2) is 9.84 Å². The summed E-state index contributed by atoms with van der Waals surface area (Å²) >= 11 is 0. The Hall–Kier alpha value is -1.89. The van der Waals surface area contributed by atoms with Crippen molar-refractivity contribution in [2.45, 2.75) is 24.1 Å². The van der Waals surface area contributed by atoms with Gasteiger partial charge in [-0.1, -0.05) is 0 Å². The molecular formula is C11H14N4O2S. The van der Waals surface area contributed by atoms with E-state index in [2.05, 4.69) is 10.1 Å². The maximum absolute atomic E-state index is 12.2. The summed E-state index contributed by atoms with van der Waals surface area (Å²) in [5.41, 5.74) is 6.44. The van der Waals surface area contributed by atoms with Crippen molar-refractivity contribution in [3.8, 4) is 0 Å². The zero-order valence-corrected chi connectivity index (χ0v) is 10.8. The van der Waals surface area contributed by atoms with Crippen molar-refractivity contribution in [3.05, 3.63) is 36.4 Å². The molecule has 2 N–H and O–H groups in total. The lowest BCUT2D eigenvalue weighted by Gasteiger charge is -2.05. The van der Waals surface area contributed by atoms with Crippen molar-refractivity contribution in [1.82, 2.24) is 14.8 Å². The van der Waals surface area contributed by atoms with Gasteiger partial charge in [-0.15, -0.1) is 0 Å². The smallest absolute Gasteiger partial charge is 0.184 e. The second-order valence-corrected chi connectivity index (χ2v) is 5.83. The lowest BCUT2D eigenvalue weighted by atomic mass is 10.4. The van der Waals surface area contributed by atoms with Crippen molar-refractivity contribution in [3.63, 3.8) is 0 Å². The van der Waals surface area contributed by atoms with Gasteiger partial charge in [0.2, 0.25) is 0 Å². The van der Waals surface area contributed by atoms with Crippen LogP contribution in [0.2, 0.25) is 0 Å². The van der Waals surface area contributed by atoms with Gasteiger partial charge in [0.05, 0.1) is 28.7 Å². The lowest BCUT2D eigenvalue weighted by Crippen LogP contribution is -2.07. The second kappa shape index (κ2) is 4.77. The van der Waals surface area contributed by atoms with Crippen molar-refractivity contribution in [1.29, 1.82) is 0 Å². The standard InChI is InChI=1S/C11H14N4O2S/c1-2-15-7-9(5-14-15)8-18(16,17)11-3-4-13-6-10(11)12/h3-7H,2,8,12H2,1H3. The molecule has 0 atom stereocenters. The molecule has 0 aliphatic carbocycles. The van der Waals surface area contributed by atoms with Gasteiger partial charge in [-0.2, -0.15) is 5.10 Å². The first-order valence-corrected chi connectivity index (χ1v) is 7.11. The van der Waals surface area contributed by atoms with Gasteiger partial charge in [0, 0.05) is 24.5 Å². The first-order chi connectivity index (χ1) is 8.53. The molecule has 0 amide bonds. The monoisotopic (exact) mass is 266 g/mol. The Bertz CT molecular complexity index is 649. The van der Waals surface area contributed by atoms with Crippen LogP contribution in [0, 0.1) is 0 Å². The Kier molecular flexibility index (Phi) is 3.33. The number of nitrogens with zero attached hydrogens (tertiary/aromatic N) is 3. The van der Waals surface area contributed by atoms with Crippen LogP contribution in [0.1, 0.15) is 12.5 Å². The Labute approximate surface area is 105 Å². The summed E-state index contributed by atoms with van der Waals surface area (Å²) in [7, 11) is -3.46. The number of nitrogens with two attached hydrogens (primary N) is 1. The van der Waals surface area contributed by atoms with Crippen LogP contribution in [0.4, 0.5) is 5.69 Å². The fraction of sp³-hybridized carbons (Fsp3) is 0.273. The van der Waals surface area contributed by atoms with Crippen LogP contribution in [0.5, 0.6) is 0 Å². The number of sulfone groups is 1. The minimum atomic E-state index is -3.46. The predicted molar refractivity (Wildman–Crippen MR) is 67.4 cm³/mol. The zero-order valence-electron chi connectivity index (χ0n) is 9.94. The third-order valence-electron chi connectivity index (χ3n) is 2.51. The predicted octanol–water partition coefficient (Wildman–Crippen LogP) is 0.854. The third-order valence-corrected chi connectivity index (χ3v) is 4.27. The van der Waals surface area contributed by atoms with E-state index in [-0.39, 0.29) is 16.3 Å². The number of hydrogen-bond acceptors (Lipinski definition) is 5. The Morgan fingerprint density at radius 2 is 2.17 bits per heavy atom. The molecule has 0 unspecified atom stereocenters. The van der Waals surface area contributed by atoms with Gasteiger partial charge >= 0.3 is 0 Å². The molecule has 0 spiro atoms. The molecule has 2 aromatic rings. The van der Waals surface area contributed by atoms with Crippen LogP contribution in [0.3, 0.4) is 0 Å². The minimum absolute atomic E-state index is 0.110. The van der Waals surface area contributed by atoms with Crippen molar-refractivity contribution in [2.24, 2.45) is 0 Å². The van der Waals surface area contributed by atoms with Gasteiger partial charge in [-0.3, -0.25) is 9.67 Å². The number of nitrogen functional groups attached to an aromatic ring is 1. The largest absolute Gasteiger partial charge is 0.396 e. The fourth-order valence-corrected chi connectivity index (χ4v) is 3.05. The molecule has 0 fully saturated rings. The highest BCUT2D eigenvalue weighted by molar-refractivity contribution is 7.90. The van der Waals surface area contributed by atoms with Gasteiger partial charge < -0.3 is 5.73 Å². The van der Waals surface area contributed by atoms with E-state index in [1.165, 1.54) is 18.5 Å². The van der Waals surface area contributed by atoms with Crippen LogP contribution in [0.25, 0.3) is 0 Å². The first kappa shape index (κ1) is 12.6. The van der Waals surface area contributed by atoms with Gasteiger partial charge in [0.25, 0.3) is 0 Å². The van der Waals surface area contributed by atoms with Crippen LogP contribution in [-0.2, 0) is 22.1 Å². The number of aryl methyl sites for hydroxylation is 1. The summed E-state index contributed by atoms with van der Waals surface area (Å²) in [6.07, 6.45) is 6.02. The van der Waals surface area contributed by atoms with Gasteiger partial charge in [-0.05, 0) is 13.0 Å². The van der Waals surface area contributed by atoms with Crippen molar-refractivity contribution >= 4 is 15.5 Å². The van der Waals surface area contributed by atoms with E-state index < -0.39 is 9.84 Å². The zero-order chi connectivity index (χ0) is 13.2. The summed E-state index contributed by atoms with van der Waals surface area (Å²) in [5, 5.41) is 4.04. The third kappa shape index (κ3) is 2.51. The average molecular weight is 266 g/mol. The topological polar surface area (TPSA) is 90.9 Å². The Balaban J connectivity index is 2.30. The average Bonchev–Trinajstić information content (AvgIpc) is 2.76. The summed E-state index contributed by atoms with van der Waals surface area (Å²) in [4.78, 5) is 3.89. The number of anilines is 1. The fourth-order valence-electron chi connectivity index (χ4n) is 1.63. The minimum Gasteiger partial charge on any atom is -0.396 e. The van der Waals surface area contributed by atoms with E-state index >= 15 is 0 Å². The summed E-state index contributed by atoms with van der Waals surface area (Å²) in [5.74, 6) is -0.110. The SMILES string of the molecule is CCn1cc(CS(=O)(=O)c2ccncc2N)cn1. The summed E-state index contributed by atoms with van der Waals surface area (Å²) in [6, 6.07) is 1.41. The molecule has 2 heterocycles. The Morgan fingerprint density at radius 3 is 2.78 bits per heavy atom. The van der Waals surface area contributed by atoms with Crippen LogP contribution >= 0.6 is 0 Å². The van der Waals surface area contributed by atoms with E-state index in [1.807, 2.05) is 6.92 Å². The van der Waals surface area contributed by atoms with E-state index in [0.29, 0.717) is 12.1 Å². The molecule has 0 bridgehead atoms. The van der Waals surface area contributed by atoms with E-state index in [1.54, 1.807) is 17.1 Å². The van der Waals surface area contributed by atoms with Crippen LogP contribution in [-0.4, -0.2) is 23.2 Å². The van der Waals surface area contributed by atoms with Gasteiger partial charge in [0.1, 0.15) is 0 Å². The molecular weight excluding hydrogens is 252 g/mol. The molecule has 0 aliphatic rings. The number of rotatable bonds is 4. The van der Waals surface area contributed by atoms with E-state index in [4.69, 9.17) is 5.73 Å². The quantitative estimate of drug-likeness (QED) is 0.886. The molecule has 7 heteroatoms. The maximum atomic E-state index is 12.2. The highest BCUT2D eigenvalue weighted by Crippen LogP contribution is 2.20. The van der Waals surface area contributed by atoms with Crippen molar-refractivity contribution < 1.29 is 8.42 Å². The Morgan fingerprint density at radius 1 is 1.39 bits per heavy atom. The molecule has 96 valence electrons. The normalized spacial score (nSPS) is 11.6. The highest BCUT2D eigenvalue weighted by atomic mass is 32.2. The first-order valence-electron chi connectivity index (χ1n) is 5.46. The molecule has 0 radical (unpaired) electrons. The molecule has 2 aromatic heterocycles. The number of aromatic nitrogens is 3. The molecule has 0 aromatic carbocycles. The molecule has 2 rings (SSSR count). The molecule has 0 saturated heterocycles. The molecule has 0 saturated carbocycles. The highest BCUT2D eigenvalue weighted by Gasteiger charge is 2.19. The molecule has 18 heavy (non-hydrogen) atoms. The van der Waals surface area contributed by atoms with Crippen LogP contribution in [0.15, 0.2) is 35.7 Å². The number of pyridine rings is 1. The molecule has 0 aliphatic heterocycles. The number of hydrogen-bond donors (Lipinski definition) is 1. The second-order valence-electron chi connectivity index (χ2n) is 3.88.